The molecule has 1 N–H and O–H groups in total. The van der Waals surface area contributed by atoms with E-state index in [1.54, 1.807) is 0 Å². The van der Waals surface area contributed by atoms with E-state index in [0.29, 0.717) is 6.04 Å². The van der Waals surface area contributed by atoms with Gasteiger partial charge in [-0.1, -0.05) is 0 Å². The first kappa shape index (κ1) is 14.5. The SMILES string of the molecule is CCn1nc(C)c(CNC(C)C2CC2)c1C.Cl. The Labute approximate surface area is 110 Å². The highest BCUT2D eigenvalue weighted by Gasteiger charge is 2.27. The van der Waals surface area contributed by atoms with Gasteiger partial charge in [0.15, 0.2) is 0 Å². The van der Waals surface area contributed by atoms with Crippen LogP contribution in [0.15, 0.2) is 0 Å². The molecule has 1 heterocycles. The van der Waals surface area contributed by atoms with Crippen molar-refractivity contribution in [3.63, 3.8) is 0 Å². The summed E-state index contributed by atoms with van der Waals surface area (Å²) in [5.74, 6) is 0.918. The molecule has 0 saturated heterocycles. The third kappa shape index (κ3) is 3.23. The van der Waals surface area contributed by atoms with Crippen molar-refractivity contribution in [3.05, 3.63) is 17.0 Å². The maximum Gasteiger partial charge on any atom is 0.0641 e. The molecule has 1 aliphatic carbocycles. The van der Waals surface area contributed by atoms with Gasteiger partial charge in [0, 0.05) is 30.4 Å². The molecule has 98 valence electrons. The summed E-state index contributed by atoms with van der Waals surface area (Å²) in [5, 5.41) is 8.17. The van der Waals surface area contributed by atoms with E-state index in [9.17, 15) is 0 Å². The Morgan fingerprint density at radius 3 is 2.53 bits per heavy atom. The van der Waals surface area contributed by atoms with E-state index in [-0.39, 0.29) is 12.4 Å². The minimum atomic E-state index is 0. The van der Waals surface area contributed by atoms with Crippen molar-refractivity contribution in [2.75, 3.05) is 0 Å². The van der Waals surface area contributed by atoms with Gasteiger partial charge in [-0.15, -0.1) is 12.4 Å². The summed E-state index contributed by atoms with van der Waals surface area (Å²) in [5.41, 5.74) is 3.87. The van der Waals surface area contributed by atoms with Gasteiger partial charge in [-0.05, 0) is 46.5 Å². The van der Waals surface area contributed by atoms with Crippen molar-refractivity contribution in [1.29, 1.82) is 0 Å². The molecule has 3 nitrogen and oxygen atoms in total. The van der Waals surface area contributed by atoms with E-state index in [2.05, 4.69) is 42.8 Å². The molecule has 0 spiro atoms. The summed E-state index contributed by atoms with van der Waals surface area (Å²) < 4.78 is 2.09. The Hall–Kier alpha value is -0.540. The standard InChI is InChI=1S/C13H23N3.ClH/c1-5-16-11(4)13(10(3)15-16)8-14-9(2)12-6-7-12;/h9,12,14H,5-8H2,1-4H3;1H. The third-order valence-corrected chi connectivity index (χ3v) is 3.76. The van der Waals surface area contributed by atoms with E-state index in [0.717, 1.165) is 19.0 Å². The molecule has 1 unspecified atom stereocenters. The van der Waals surface area contributed by atoms with E-state index >= 15 is 0 Å². The fraction of sp³-hybridized carbons (Fsp3) is 0.769. The number of hydrogen-bond acceptors (Lipinski definition) is 2. The molecule has 0 radical (unpaired) electrons. The second-order valence-corrected chi connectivity index (χ2v) is 4.97. The fourth-order valence-corrected chi connectivity index (χ4v) is 2.32. The quantitative estimate of drug-likeness (QED) is 0.879. The molecule has 0 amide bonds. The molecule has 0 aromatic carbocycles. The van der Waals surface area contributed by atoms with E-state index in [1.807, 2.05) is 0 Å². The van der Waals surface area contributed by atoms with Crippen LogP contribution in [-0.4, -0.2) is 15.8 Å². The van der Waals surface area contributed by atoms with Gasteiger partial charge in [0.1, 0.15) is 0 Å². The van der Waals surface area contributed by atoms with Crippen LogP contribution in [0.5, 0.6) is 0 Å². The first-order valence-electron chi connectivity index (χ1n) is 6.39. The van der Waals surface area contributed by atoms with Crippen LogP contribution in [0.25, 0.3) is 0 Å². The number of halogens is 1. The second-order valence-electron chi connectivity index (χ2n) is 4.97. The summed E-state index contributed by atoms with van der Waals surface area (Å²) in [6, 6.07) is 0.656. The Morgan fingerprint density at radius 2 is 2.06 bits per heavy atom. The average Bonchev–Trinajstić information content (AvgIpc) is 3.05. The maximum absolute atomic E-state index is 4.54. The number of nitrogens with zero attached hydrogens (tertiary/aromatic N) is 2. The number of hydrogen-bond donors (Lipinski definition) is 1. The lowest BCUT2D eigenvalue weighted by atomic mass is 10.1. The number of nitrogens with one attached hydrogen (secondary N) is 1. The zero-order valence-electron chi connectivity index (χ0n) is 11.3. The minimum Gasteiger partial charge on any atom is -0.310 e. The topological polar surface area (TPSA) is 29.9 Å². The fourth-order valence-electron chi connectivity index (χ4n) is 2.32. The summed E-state index contributed by atoms with van der Waals surface area (Å²) in [6.45, 7) is 10.6. The van der Waals surface area contributed by atoms with Crippen molar-refractivity contribution < 1.29 is 0 Å². The summed E-state index contributed by atoms with van der Waals surface area (Å²) >= 11 is 0. The van der Waals surface area contributed by atoms with Gasteiger partial charge < -0.3 is 5.32 Å². The van der Waals surface area contributed by atoms with E-state index < -0.39 is 0 Å². The molecule has 1 aliphatic rings. The molecule has 0 aliphatic heterocycles. The van der Waals surface area contributed by atoms with Crippen LogP contribution in [0.2, 0.25) is 0 Å². The number of aryl methyl sites for hydroxylation is 2. The van der Waals surface area contributed by atoms with Gasteiger partial charge in [0.05, 0.1) is 5.69 Å². The van der Waals surface area contributed by atoms with Gasteiger partial charge >= 0.3 is 0 Å². The van der Waals surface area contributed by atoms with E-state index in [4.69, 9.17) is 0 Å². The lowest BCUT2D eigenvalue weighted by Gasteiger charge is -2.12. The molecular weight excluding hydrogens is 234 g/mol. The molecule has 1 saturated carbocycles. The first-order chi connectivity index (χ1) is 7.63. The zero-order valence-corrected chi connectivity index (χ0v) is 12.1. The Bertz CT molecular complexity index is 369. The van der Waals surface area contributed by atoms with Crippen LogP contribution >= 0.6 is 12.4 Å². The molecule has 1 atom stereocenters. The van der Waals surface area contributed by atoms with E-state index in [1.165, 1.54) is 29.8 Å². The molecule has 1 aromatic heterocycles. The first-order valence-corrected chi connectivity index (χ1v) is 6.39. The van der Waals surface area contributed by atoms with Gasteiger partial charge in [-0.3, -0.25) is 4.68 Å². The van der Waals surface area contributed by atoms with Gasteiger partial charge in [-0.25, -0.2) is 0 Å². The predicted octanol–water partition coefficient (Wildman–Crippen LogP) is 2.83. The Morgan fingerprint density at radius 1 is 1.41 bits per heavy atom. The monoisotopic (exact) mass is 257 g/mol. The van der Waals surface area contributed by atoms with Crippen LogP contribution in [0, 0.1) is 19.8 Å². The lowest BCUT2D eigenvalue weighted by molar-refractivity contribution is 0.494. The normalized spacial score (nSPS) is 16.7. The van der Waals surface area contributed by atoms with Crippen LogP contribution in [-0.2, 0) is 13.1 Å². The van der Waals surface area contributed by atoms with Crippen LogP contribution in [0.4, 0.5) is 0 Å². The summed E-state index contributed by atoms with van der Waals surface area (Å²) in [7, 11) is 0. The second kappa shape index (κ2) is 5.87. The van der Waals surface area contributed by atoms with Gasteiger partial charge in [-0.2, -0.15) is 5.10 Å². The minimum absolute atomic E-state index is 0. The van der Waals surface area contributed by atoms with Crippen molar-refractivity contribution in [3.8, 4) is 0 Å². The Balaban J connectivity index is 0.00000144. The predicted molar refractivity (Wildman–Crippen MR) is 73.6 cm³/mol. The smallest absolute Gasteiger partial charge is 0.0641 e. The van der Waals surface area contributed by atoms with Gasteiger partial charge in [0.25, 0.3) is 0 Å². The highest BCUT2D eigenvalue weighted by molar-refractivity contribution is 5.85. The average molecular weight is 258 g/mol. The van der Waals surface area contributed by atoms with Crippen LogP contribution in [0.3, 0.4) is 0 Å². The molecule has 1 aromatic rings. The maximum atomic E-state index is 4.54. The van der Waals surface area contributed by atoms with Crippen LogP contribution in [0.1, 0.15) is 43.6 Å². The summed E-state index contributed by atoms with van der Waals surface area (Å²) in [6.07, 6.45) is 2.81. The zero-order chi connectivity index (χ0) is 11.7. The summed E-state index contributed by atoms with van der Waals surface area (Å²) in [4.78, 5) is 0. The third-order valence-electron chi connectivity index (χ3n) is 3.76. The molecule has 2 rings (SSSR count). The molecule has 4 heteroatoms. The van der Waals surface area contributed by atoms with Crippen molar-refractivity contribution in [2.24, 2.45) is 5.92 Å². The number of rotatable bonds is 5. The molecular formula is C13H24ClN3. The molecule has 0 bridgehead atoms. The van der Waals surface area contributed by atoms with Gasteiger partial charge in [0.2, 0.25) is 0 Å². The molecule has 1 fully saturated rings. The number of aromatic nitrogens is 2. The molecule has 17 heavy (non-hydrogen) atoms. The highest BCUT2D eigenvalue weighted by atomic mass is 35.5. The van der Waals surface area contributed by atoms with Crippen molar-refractivity contribution >= 4 is 12.4 Å². The van der Waals surface area contributed by atoms with Crippen molar-refractivity contribution in [1.82, 2.24) is 15.1 Å². The van der Waals surface area contributed by atoms with Crippen molar-refractivity contribution in [2.45, 2.75) is 59.7 Å². The lowest BCUT2D eigenvalue weighted by Crippen LogP contribution is -2.27. The van der Waals surface area contributed by atoms with Crippen LogP contribution < -0.4 is 5.32 Å². The highest BCUT2D eigenvalue weighted by Crippen LogP contribution is 2.32. The largest absolute Gasteiger partial charge is 0.310 e. The Kier molecular flexibility index (Phi) is 5.02.